The lowest BCUT2D eigenvalue weighted by molar-refractivity contribution is -0.0177. The molecule has 14 heavy (non-hydrogen) atoms. The molecule has 0 aromatic heterocycles. The Labute approximate surface area is 81.9 Å². The summed E-state index contributed by atoms with van der Waals surface area (Å²) in [6, 6.07) is 7.41. The molecule has 1 aliphatic rings. The molecule has 2 rings (SSSR count). The highest BCUT2D eigenvalue weighted by Crippen LogP contribution is 2.42. The molecule has 0 aliphatic heterocycles. The van der Waals surface area contributed by atoms with E-state index in [1.165, 1.54) is 0 Å². The molecule has 1 unspecified atom stereocenters. The van der Waals surface area contributed by atoms with Crippen LogP contribution < -0.4 is 5.73 Å². The fourth-order valence-corrected chi connectivity index (χ4v) is 2.14. The summed E-state index contributed by atoms with van der Waals surface area (Å²) in [4.78, 5) is 0. The van der Waals surface area contributed by atoms with Crippen LogP contribution in [0.3, 0.4) is 0 Å². The number of aryl methyl sites for hydroxylation is 1. The molecule has 0 saturated heterocycles. The van der Waals surface area contributed by atoms with Crippen molar-refractivity contribution in [2.24, 2.45) is 5.73 Å². The van der Waals surface area contributed by atoms with Gasteiger partial charge in [0, 0.05) is 5.92 Å². The molecule has 1 nitrogen and oxygen atoms in total. The monoisotopic (exact) mass is 197 g/mol. The van der Waals surface area contributed by atoms with E-state index in [0.29, 0.717) is 6.42 Å². The first kappa shape index (κ1) is 9.59. The number of fused-ring (bicyclic) bond motifs is 1. The summed E-state index contributed by atoms with van der Waals surface area (Å²) in [5.74, 6) is -3.43. The van der Waals surface area contributed by atoms with E-state index in [9.17, 15) is 8.78 Å². The molecule has 1 aromatic carbocycles. The highest BCUT2D eigenvalue weighted by molar-refractivity contribution is 5.36. The van der Waals surface area contributed by atoms with E-state index < -0.39 is 18.4 Å². The molecule has 3 heteroatoms. The van der Waals surface area contributed by atoms with Crippen LogP contribution in [0, 0.1) is 0 Å². The summed E-state index contributed by atoms with van der Waals surface area (Å²) >= 11 is 0. The number of hydrogen-bond donors (Lipinski definition) is 1. The number of hydrogen-bond acceptors (Lipinski definition) is 1. The Morgan fingerprint density at radius 3 is 2.79 bits per heavy atom. The minimum Gasteiger partial charge on any atom is -0.325 e. The van der Waals surface area contributed by atoms with Gasteiger partial charge in [-0.05, 0) is 24.0 Å². The molecule has 0 bridgehead atoms. The quantitative estimate of drug-likeness (QED) is 0.773. The van der Waals surface area contributed by atoms with E-state index in [4.69, 9.17) is 5.73 Å². The van der Waals surface area contributed by atoms with Gasteiger partial charge in [0.25, 0.3) is 5.92 Å². The molecule has 0 amide bonds. The second-order valence-corrected chi connectivity index (χ2v) is 3.76. The molecule has 1 atom stereocenters. The standard InChI is InChI=1S/C11H13F2N/c12-11(13,7-14)10-6-5-8-3-1-2-4-9(8)10/h1-4,10H,5-7,14H2. The first-order valence-corrected chi connectivity index (χ1v) is 4.81. The third kappa shape index (κ3) is 1.42. The van der Waals surface area contributed by atoms with Crippen molar-refractivity contribution in [3.05, 3.63) is 35.4 Å². The van der Waals surface area contributed by atoms with Gasteiger partial charge < -0.3 is 5.73 Å². The zero-order valence-electron chi connectivity index (χ0n) is 7.84. The molecule has 0 saturated carbocycles. The molecule has 2 N–H and O–H groups in total. The van der Waals surface area contributed by atoms with E-state index in [1.807, 2.05) is 18.2 Å². The van der Waals surface area contributed by atoms with Crippen LogP contribution in [-0.4, -0.2) is 12.5 Å². The van der Waals surface area contributed by atoms with Gasteiger partial charge in [0.05, 0.1) is 6.54 Å². The Morgan fingerprint density at radius 2 is 2.07 bits per heavy atom. The van der Waals surface area contributed by atoms with Crippen LogP contribution in [-0.2, 0) is 6.42 Å². The minimum atomic E-state index is -2.76. The van der Waals surface area contributed by atoms with E-state index in [-0.39, 0.29) is 0 Å². The SMILES string of the molecule is NCC(F)(F)C1CCc2ccccc21. The topological polar surface area (TPSA) is 26.0 Å². The Kier molecular flexibility index (Phi) is 2.27. The number of nitrogens with two attached hydrogens (primary N) is 1. The number of halogens is 2. The predicted octanol–water partition coefficient (Wildman–Crippen LogP) is 2.31. The maximum atomic E-state index is 13.4. The van der Waals surface area contributed by atoms with Gasteiger partial charge in [-0.3, -0.25) is 0 Å². The maximum absolute atomic E-state index is 13.4. The fourth-order valence-electron chi connectivity index (χ4n) is 2.14. The molecule has 76 valence electrons. The van der Waals surface area contributed by atoms with Crippen LogP contribution in [0.5, 0.6) is 0 Å². The van der Waals surface area contributed by atoms with Gasteiger partial charge in [0.2, 0.25) is 0 Å². The van der Waals surface area contributed by atoms with E-state index >= 15 is 0 Å². The Hall–Kier alpha value is -0.960. The molecule has 0 spiro atoms. The van der Waals surface area contributed by atoms with Crippen LogP contribution in [0.4, 0.5) is 8.78 Å². The maximum Gasteiger partial charge on any atom is 0.266 e. The smallest absolute Gasteiger partial charge is 0.266 e. The van der Waals surface area contributed by atoms with E-state index in [2.05, 4.69) is 0 Å². The summed E-state index contributed by atoms with van der Waals surface area (Å²) < 4.78 is 26.8. The zero-order chi connectivity index (χ0) is 10.2. The van der Waals surface area contributed by atoms with Crippen LogP contribution in [0.15, 0.2) is 24.3 Å². The third-order valence-corrected chi connectivity index (χ3v) is 2.91. The minimum absolute atomic E-state index is 0.517. The lowest BCUT2D eigenvalue weighted by Crippen LogP contribution is -2.33. The molecule has 0 heterocycles. The molecule has 0 radical (unpaired) electrons. The van der Waals surface area contributed by atoms with Gasteiger partial charge in [-0.2, -0.15) is 0 Å². The van der Waals surface area contributed by atoms with Crippen molar-refractivity contribution in [3.8, 4) is 0 Å². The Bertz CT molecular complexity index is 336. The fraction of sp³-hybridized carbons (Fsp3) is 0.455. The van der Waals surface area contributed by atoms with Crippen molar-refractivity contribution in [1.29, 1.82) is 0 Å². The van der Waals surface area contributed by atoms with Crippen molar-refractivity contribution in [2.45, 2.75) is 24.7 Å². The summed E-state index contributed by atoms with van der Waals surface area (Å²) in [6.45, 7) is -0.563. The van der Waals surface area contributed by atoms with Gasteiger partial charge in [-0.1, -0.05) is 24.3 Å². The van der Waals surface area contributed by atoms with Crippen LogP contribution in [0.1, 0.15) is 23.5 Å². The molecular weight excluding hydrogens is 184 g/mol. The lowest BCUT2D eigenvalue weighted by Gasteiger charge is -2.22. The summed E-state index contributed by atoms with van der Waals surface area (Å²) in [5.41, 5.74) is 6.92. The van der Waals surface area contributed by atoms with E-state index in [0.717, 1.165) is 17.5 Å². The van der Waals surface area contributed by atoms with Crippen LogP contribution >= 0.6 is 0 Å². The zero-order valence-corrected chi connectivity index (χ0v) is 7.84. The van der Waals surface area contributed by atoms with E-state index in [1.54, 1.807) is 6.07 Å². The van der Waals surface area contributed by atoms with Gasteiger partial charge in [-0.15, -0.1) is 0 Å². The normalized spacial score (nSPS) is 20.9. The summed E-state index contributed by atoms with van der Waals surface area (Å²) in [7, 11) is 0. The number of alkyl halides is 2. The van der Waals surface area contributed by atoms with Crippen molar-refractivity contribution in [3.63, 3.8) is 0 Å². The first-order chi connectivity index (χ1) is 6.65. The average molecular weight is 197 g/mol. The van der Waals surface area contributed by atoms with Crippen molar-refractivity contribution >= 4 is 0 Å². The third-order valence-electron chi connectivity index (χ3n) is 2.91. The largest absolute Gasteiger partial charge is 0.325 e. The van der Waals surface area contributed by atoms with Crippen molar-refractivity contribution < 1.29 is 8.78 Å². The second-order valence-electron chi connectivity index (χ2n) is 3.76. The van der Waals surface area contributed by atoms with Crippen LogP contribution in [0.25, 0.3) is 0 Å². The average Bonchev–Trinajstić information content (AvgIpc) is 2.61. The number of benzene rings is 1. The van der Waals surface area contributed by atoms with Gasteiger partial charge >= 0.3 is 0 Å². The first-order valence-electron chi connectivity index (χ1n) is 4.81. The number of rotatable bonds is 2. The van der Waals surface area contributed by atoms with Gasteiger partial charge in [-0.25, -0.2) is 8.78 Å². The molecule has 1 aliphatic carbocycles. The van der Waals surface area contributed by atoms with Crippen molar-refractivity contribution in [2.75, 3.05) is 6.54 Å². The summed E-state index contributed by atoms with van der Waals surface area (Å²) in [6.07, 6.45) is 1.26. The highest BCUT2D eigenvalue weighted by Gasteiger charge is 2.42. The second kappa shape index (κ2) is 3.31. The highest BCUT2D eigenvalue weighted by atomic mass is 19.3. The molecule has 1 aromatic rings. The van der Waals surface area contributed by atoms with Gasteiger partial charge in [0.1, 0.15) is 0 Å². The van der Waals surface area contributed by atoms with Crippen molar-refractivity contribution in [1.82, 2.24) is 0 Å². The van der Waals surface area contributed by atoms with Crippen LogP contribution in [0.2, 0.25) is 0 Å². The Balaban J connectivity index is 2.35. The summed E-state index contributed by atoms with van der Waals surface area (Å²) in [5, 5.41) is 0. The lowest BCUT2D eigenvalue weighted by atomic mass is 9.94. The molecular formula is C11H13F2N. The van der Waals surface area contributed by atoms with Gasteiger partial charge in [0.15, 0.2) is 0 Å². The predicted molar refractivity (Wildman–Crippen MR) is 51.5 cm³/mol. The Morgan fingerprint density at radius 1 is 1.36 bits per heavy atom. The molecule has 0 fully saturated rings.